The molecule has 0 bridgehead atoms. The third kappa shape index (κ3) is 4.80. The van der Waals surface area contributed by atoms with Crippen molar-refractivity contribution < 1.29 is 9.90 Å². The first-order valence-electron chi connectivity index (χ1n) is 2.74. The van der Waals surface area contributed by atoms with Crippen LogP contribution in [0.3, 0.4) is 0 Å². The third-order valence-corrected chi connectivity index (χ3v) is 0.758. The minimum atomic E-state index is -1.16. The topological polar surface area (TPSA) is 73.2 Å². The number of carbonyl (C=O) groups is 1. The van der Waals surface area contributed by atoms with E-state index in [2.05, 4.69) is 0 Å². The number of hydrogen-bond donors (Lipinski definition) is 3. The number of rotatable bonds is 2. The van der Waals surface area contributed by atoms with Gasteiger partial charge in [-0.15, -0.1) is 0 Å². The number of amidine groups is 1. The quantitative estimate of drug-likeness (QED) is 0.386. The summed E-state index contributed by atoms with van der Waals surface area (Å²) in [5.41, 5.74) is 0. The van der Waals surface area contributed by atoms with Crippen molar-refractivity contribution in [1.82, 2.24) is 5.32 Å². The minimum Gasteiger partial charge on any atom is -0.465 e. The van der Waals surface area contributed by atoms with Gasteiger partial charge in [-0.05, 0) is 6.42 Å². The van der Waals surface area contributed by atoms with Crippen molar-refractivity contribution in [3.63, 3.8) is 0 Å². The van der Waals surface area contributed by atoms with Crippen LogP contribution in [-0.2, 0) is 0 Å². The highest BCUT2D eigenvalue weighted by Gasteiger charge is 1.97. The summed E-state index contributed by atoms with van der Waals surface area (Å²) in [4.78, 5) is 9.83. The number of nitrogens with one attached hydrogen (secondary N) is 2. The van der Waals surface area contributed by atoms with Gasteiger partial charge >= 0.3 is 6.09 Å². The van der Waals surface area contributed by atoms with Crippen molar-refractivity contribution in [3.05, 3.63) is 0 Å². The van der Waals surface area contributed by atoms with Gasteiger partial charge in [0.25, 0.3) is 0 Å². The Morgan fingerprint density at radius 3 is 2.67 bits per heavy atom. The fraction of sp³-hybridized carbons (Fsp3) is 0.600. The van der Waals surface area contributed by atoms with Gasteiger partial charge in [-0.25, -0.2) is 4.79 Å². The number of amides is 1. The van der Waals surface area contributed by atoms with Crippen LogP contribution in [0.1, 0.15) is 19.8 Å². The molecule has 0 aliphatic rings. The highest BCUT2D eigenvalue weighted by atomic mass is 16.4. The van der Waals surface area contributed by atoms with Crippen molar-refractivity contribution in [1.29, 1.82) is 5.41 Å². The Balaban J connectivity index is 3.39. The molecular formula is C5H10N2O2. The van der Waals surface area contributed by atoms with E-state index in [1.54, 1.807) is 0 Å². The molecule has 0 fully saturated rings. The summed E-state index contributed by atoms with van der Waals surface area (Å²) in [5, 5.41) is 16.9. The van der Waals surface area contributed by atoms with Gasteiger partial charge in [-0.1, -0.05) is 6.92 Å². The van der Waals surface area contributed by atoms with Crippen LogP contribution in [0.2, 0.25) is 0 Å². The normalized spacial score (nSPS) is 8.56. The summed E-state index contributed by atoms with van der Waals surface area (Å²) in [6.07, 6.45) is 0.124. The van der Waals surface area contributed by atoms with Crippen molar-refractivity contribution in [2.75, 3.05) is 0 Å². The molecule has 52 valence electrons. The molecule has 0 aromatic carbocycles. The molecule has 0 heterocycles. The zero-order chi connectivity index (χ0) is 7.28. The third-order valence-electron chi connectivity index (χ3n) is 0.758. The summed E-state index contributed by atoms with van der Waals surface area (Å²) in [5.74, 6) is 0.0602. The molecule has 4 nitrogen and oxygen atoms in total. The van der Waals surface area contributed by atoms with Gasteiger partial charge in [0, 0.05) is 6.42 Å². The van der Waals surface area contributed by atoms with Crippen molar-refractivity contribution in [2.45, 2.75) is 19.8 Å². The van der Waals surface area contributed by atoms with Crippen LogP contribution < -0.4 is 5.32 Å². The van der Waals surface area contributed by atoms with Crippen LogP contribution in [-0.4, -0.2) is 17.0 Å². The summed E-state index contributed by atoms with van der Waals surface area (Å²) in [6.45, 7) is 1.89. The van der Waals surface area contributed by atoms with Crippen LogP contribution in [0.15, 0.2) is 0 Å². The van der Waals surface area contributed by atoms with E-state index < -0.39 is 6.09 Å². The summed E-state index contributed by atoms with van der Waals surface area (Å²) in [6, 6.07) is 0. The van der Waals surface area contributed by atoms with Crippen LogP contribution in [0, 0.1) is 5.41 Å². The molecular weight excluding hydrogens is 120 g/mol. The lowest BCUT2D eigenvalue weighted by atomic mass is 10.3. The highest BCUT2D eigenvalue weighted by molar-refractivity contribution is 5.92. The first-order chi connectivity index (χ1) is 4.16. The smallest absolute Gasteiger partial charge is 0.410 e. The van der Waals surface area contributed by atoms with Crippen molar-refractivity contribution in [2.24, 2.45) is 0 Å². The monoisotopic (exact) mass is 130 g/mol. The summed E-state index contributed by atoms with van der Waals surface area (Å²) >= 11 is 0. The molecule has 1 amide bonds. The fourth-order valence-corrected chi connectivity index (χ4v) is 0.442. The van der Waals surface area contributed by atoms with E-state index in [1.807, 2.05) is 12.2 Å². The molecule has 4 heteroatoms. The van der Waals surface area contributed by atoms with E-state index in [-0.39, 0.29) is 5.84 Å². The second-order valence-electron chi connectivity index (χ2n) is 1.66. The Bertz CT molecular complexity index is 122. The Labute approximate surface area is 53.4 Å². The molecule has 0 saturated heterocycles. The SMILES string of the molecule is CCCC(=N)NC(=O)O. The lowest BCUT2D eigenvalue weighted by molar-refractivity contribution is 0.200. The molecule has 0 spiro atoms. The average molecular weight is 130 g/mol. The van der Waals surface area contributed by atoms with E-state index in [9.17, 15) is 4.79 Å². The molecule has 0 radical (unpaired) electrons. The molecule has 9 heavy (non-hydrogen) atoms. The van der Waals surface area contributed by atoms with E-state index in [4.69, 9.17) is 10.5 Å². The molecule has 0 saturated carbocycles. The predicted octanol–water partition coefficient (Wildman–Crippen LogP) is 1.03. The fourth-order valence-electron chi connectivity index (χ4n) is 0.442. The molecule has 0 aromatic rings. The second-order valence-corrected chi connectivity index (χ2v) is 1.66. The molecule has 0 aliphatic heterocycles. The maximum Gasteiger partial charge on any atom is 0.410 e. The number of carboxylic acid groups (broad SMARTS) is 1. The lowest BCUT2D eigenvalue weighted by Crippen LogP contribution is -2.27. The zero-order valence-electron chi connectivity index (χ0n) is 5.27. The van der Waals surface area contributed by atoms with E-state index >= 15 is 0 Å². The maximum atomic E-state index is 9.83. The van der Waals surface area contributed by atoms with Crippen LogP contribution >= 0.6 is 0 Å². The van der Waals surface area contributed by atoms with E-state index in [1.165, 1.54) is 0 Å². The Morgan fingerprint density at radius 1 is 1.78 bits per heavy atom. The van der Waals surface area contributed by atoms with Crippen LogP contribution in [0.25, 0.3) is 0 Å². The Kier molecular flexibility index (Phi) is 3.43. The van der Waals surface area contributed by atoms with E-state index in [0.29, 0.717) is 6.42 Å². The largest absolute Gasteiger partial charge is 0.465 e. The Morgan fingerprint density at radius 2 is 2.33 bits per heavy atom. The van der Waals surface area contributed by atoms with E-state index in [0.717, 1.165) is 6.42 Å². The average Bonchev–Trinajstić information content (AvgIpc) is 1.63. The van der Waals surface area contributed by atoms with Gasteiger partial charge in [0.2, 0.25) is 0 Å². The number of hydrogen-bond acceptors (Lipinski definition) is 2. The summed E-state index contributed by atoms with van der Waals surface area (Å²) in [7, 11) is 0. The molecule has 0 unspecified atom stereocenters. The molecule has 0 rings (SSSR count). The lowest BCUT2D eigenvalue weighted by Gasteiger charge is -1.98. The first-order valence-corrected chi connectivity index (χ1v) is 2.74. The molecule has 0 atom stereocenters. The molecule has 3 N–H and O–H groups in total. The van der Waals surface area contributed by atoms with Gasteiger partial charge in [-0.2, -0.15) is 0 Å². The summed E-state index contributed by atoms with van der Waals surface area (Å²) < 4.78 is 0. The van der Waals surface area contributed by atoms with Crippen molar-refractivity contribution >= 4 is 11.9 Å². The second kappa shape index (κ2) is 3.88. The zero-order valence-corrected chi connectivity index (χ0v) is 5.27. The minimum absolute atomic E-state index is 0.0602. The van der Waals surface area contributed by atoms with Crippen LogP contribution in [0.4, 0.5) is 4.79 Å². The van der Waals surface area contributed by atoms with Gasteiger partial charge in [0.1, 0.15) is 5.84 Å². The van der Waals surface area contributed by atoms with Crippen molar-refractivity contribution in [3.8, 4) is 0 Å². The Hall–Kier alpha value is -1.06. The van der Waals surface area contributed by atoms with Gasteiger partial charge in [-0.3, -0.25) is 10.7 Å². The molecule has 0 aromatic heterocycles. The van der Waals surface area contributed by atoms with Gasteiger partial charge in [0.05, 0.1) is 0 Å². The van der Waals surface area contributed by atoms with Gasteiger partial charge in [0.15, 0.2) is 0 Å². The van der Waals surface area contributed by atoms with Crippen LogP contribution in [0.5, 0.6) is 0 Å². The highest BCUT2D eigenvalue weighted by Crippen LogP contribution is 1.84. The standard InChI is InChI=1S/C5H10N2O2/c1-2-3-4(6)7-5(8)9/h2-3H2,1H3,(H2,6,7)(H,8,9). The molecule has 0 aliphatic carbocycles. The van der Waals surface area contributed by atoms with Gasteiger partial charge < -0.3 is 5.11 Å². The predicted molar refractivity (Wildman–Crippen MR) is 33.8 cm³/mol. The first kappa shape index (κ1) is 7.94. The maximum absolute atomic E-state index is 9.83.